The topological polar surface area (TPSA) is 55.6 Å². The Morgan fingerprint density at radius 3 is 2.62 bits per heavy atom. The minimum absolute atomic E-state index is 0.0498. The van der Waals surface area contributed by atoms with E-state index in [1.807, 2.05) is 13.1 Å². The lowest BCUT2D eigenvalue weighted by molar-refractivity contribution is -0.117. The fourth-order valence-electron chi connectivity index (χ4n) is 3.83. The molecule has 0 radical (unpaired) electrons. The van der Waals surface area contributed by atoms with Gasteiger partial charge in [0.05, 0.1) is 18.6 Å². The summed E-state index contributed by atoms with van der Waals surface area (Å²) in [7, 11) is 1.82. The minimum Gasteiger partial charge on any atom is -0.375 e. The average Bonchev–Trinajstić information content (AvgIpc) is 2.86. The quantitative estimate of drug-likeness (QED) is 0.908. The number of nitrogens with two attached hydrogens (primary N) is 1. The number of rotatable bonds is 2. The van der Waals surface area contributed by atoms with Gasteiger partial charge in [-0.15, -0.1) is 0 Å². The second kappa shape index (κ2) is 5.11. The van der Waals surface area contributed by atoms with Crippen LogP contribution in [-0.2, 0) is 16.0 Å². The maximum Gasteiger partial charge on any atom is 0.231 e. The molecule has 2 aliphatic rings. The van der Waals surface area contributed by atoms with E-state index in [-0.39, 0.29) is 24.2 Å². The Hall–Kier alpha value is -1.39. The zero-order valence-corrected chi connectivity index (χ0v) is 13.2. The Kier molecular flexibility index (Phi) is 3.54. The van der Waals surface area contributed by atoms with Gasteiger partial charge >= 0.3 is 0 Å². The highest BCUT2D eigenvalue weighted by Gasteiger charge is 2.41. The molecule has 5 unspecified atom stereocenters. The van der Waals surface area contributed by atoms with Gasteiger partial charge in [0.15, 0.2) is 0 Å². The monoisotopic (exact) mass is 288 g/mol. The third-order valence-corrected chi connectivity index (χ3v) is 5.30. The lowest BCUT2D eigenvalue weighted by Crippen LogP contribution is -2.30. The lowest BCUT2D eigenvalue weighted by atomic mass is 9.80. The molecule has 2 N–H and O–H groups in total. The molecule has 4 heteroatoms. The molecule has 21 heavy (non-hydrogen) atoms. The first kappa shape index (κ1) is 14.5. The Bertz CT molecular complexity index is 572. The normalized spacial score (nSPS) is 33.4. The van der Waals surface area contributed by atoms with Gasteiger partial charge in [-0.05, 0) is 37.0 Å². The summed E-state index contributed by atoms with van der Waals surface area (Å²) >= 11 is 0. The highest BCUT2D eigenvalue weighted by Crippen LogP contribution is 2.40. The van der Waals surface area contributed by atoms with Crippen molar-refractivity contribution in [3.05, 3.63) is 29.3 Å². The molecular weight excluding hydrogens is 264 g/mol. The molecule has 1 aromatic carbocycles. The summed E-state index contributed by atoms with van der Waals surface area (Å²) in [6, 6.07) is 6.13. The number of amides is 1. The Balaban J connectivity index is 1.88. The van der Waals surface area contributed by atoms with E-state index in [1.165, 1.54) is 0 Å². The number of anilines is 1. The smallest absolute Gasteiger partial charge is 0.231 e. The second-order valence-electron chi connectivity index (χ2n) is 6.53. The zero-order chi connectivity index (χ0) is 15.3. The highest BCUT2D eigenvalue weighted by molar-refractivity contribution is 6.00. The molecule has 4 nitrogen and oxygen atoms in total. The van der Waals surface area contributed by atoms with E-state index in [9.17, 15) is 4.79 Å². The van der Waals surface area contributed by atoms with Crippen LogP contribution < -0.4 is 10.6 Å². The van der Waals surface area contributed by atoms with Gasteiger partial charge in [0.25, 0.3) is 0 Å². The Labute approximate surface area is 126 Å². The first-order chi connectivity index (χ1) is 9.90. The number of fused-ring (bicyclic) bond motifs is 1. The van der Waals surface area contributed by atoms with Crippen LogP contribution in [0.25, 0.3) is 0 Å². The Morgan fingerprint density at radius 1 is 1.29 bits per heavy atom. The van der Waals surface area contributed by atoms with Crippen molar-refractivity contribution >= 4 is 11.6 Å². The molecule has 2 aliphatic heterocycles. The zero-order valence-electron chi connectivity index (χ0n) is 13.2. The molecule has 0 aromatic heterocycles. The molecule has 1 fully saturated rings. The van der Waals surface area contributed by atoms with Crippen molar-refractivity contribution in [1.82, 2.24) is 0 Å². The molecule has 0 saturated carbocycles. The molecule has 114 valence electrons. The summed E-state index contributed by atoms with van der Waals surface area (Å²) in [5.41, 5.74) is 9.73. The van der Waals surface area contributed by atoms with Gasteiger partial charge in [-0.1, -0.05) is 19.1 Å². The van der Waals surface area contributed by atoms with Gasteiger partial charge in [0.1, 0.15) is 0 Å². The van der Waals surface area contributed by atoms with Crippen LogP contribution in [0.15, 0.2) is 18.2 Å². The van der Waals surface area contributed by atoms with E-state index in [2.05, 4.69) is 32.9 Å². The number of nitrogens with zero attached hydrogens (tertiary/aromatic N) is 1. The third-order valence-electron chi connectivity index (χ3n) is 5.30. The van der Waals surface area contributed by atoms with Crippen molar-refractivity contribution in [1.29, 1.82) is 0 Å². The summed E-state index contributed by atoms with van der Waals surface area (Å²) in [6.07, 6.45) is 0.899. The second-order valence-corrected chi connectivity index (χ2v) is 6.53. The van der Waals surface area contributed by atoms with Crippen molar-refractivity contribution in [2.75, 3.05) is 11.9 Å². The van der Waals surface area contributed by atoms with Gasteiger partial charge < -0.3 is 15.4 Å². The van der Waals surface area contributed by atoms with E-state index in [0.717, 1.165) is 16.8 Å². The first-order valence-corrected chi connectivity index (χ1v) is 7.70. The third kappa shape index (κ3) is 2.27. The van der Waals surface area contributed by atoms with Crippen LogP contribution in [0.2, 0.25) is 0 Å². The lowest BCUT2D eigenvalue weighted by Gasteiger charge is -2.26. The summed E-state index contributed by atoms with van der Waals surface area (Å²) in [5, 5.41) is 0. The van der Waals surface area contributed by atoms with E-state index < -0.39 is 0 Å². The van der Waals surface area contributed by atoms with E-state index in [1.54, 1.807) is 4.90 Å². The van der Waals surface area contributed by atoms with Gasteiger partial charge in [0, 0.05) is 24.7 Å². The van der Waals surface area contributed by atoms with Crippen LogP contribution in [0.1, 0.15) is 37.9 Å². The van der Waals surface area contributed by atoms with Crippen LogP contribution in [-0.4, -0.2) is 25.2 Å². The average molecular weight is 288 g/mol. The van der Waals surface area contributed by atoms with Crippen molar-refractivity contribution in [2.45, 2.75) is 45.4 Å². The number of carbonyl (C=O) groups is 1. The first-order valence-electron chi connectivity index (χ1n) is 7.70. The van der Waals surface area contributed by atoms with Crippen molar-refractivity contribution < 1.29 is 9.53 Å². The molecule has 2 heterocycles. The van der Waals surface area contributed by atoms with Crippen molar-refractivity contribution in [3.63, 3.8) is 0 Å². The highest BCUT2D eigenvalue weighted by atomic mass is 16.5. The molecule has 0 spiro atoms. The number of carbonyl (C=O) groups excluding carboxylic acids is 1. The number of hydrogen-bond donors (Lipinski definition) is 1. The SMILES string of the molecule is CC1OC(C)C(C(N)c2ccc3c(c2)CC(=O)N3C)C1C. The van der Waals surface area contributed by atoms with Gasteiger partial charge in [-0.2, -0.15) is 0 Å². The summed E-state index contributed by atoms with van der Waals surface area (Å²) in [6.45, 7) is 6.43. The van der Waals surface area contributed by atoms with E-state index in [4.69, 9.17) is 10.5 Å². The fourth-order valence-corrected chi connectivity index (χ4v) is 3.83. The standard InChI is InChI=1S/C17H24N2O2/c1-9-10(2)21-11(3)16(9)17(18)12-5-6-14-13(7-12)8-15(20)19(14)4/h5-7,9-11,16-17H,8,18H2,1-4H3. The summed E-state index contributed by atoms with van der Waals surface area (Å²) in [5.74, 6) is 0.899. The molecule has 1 saturated heterocycles. The number of likely N-dealkylation sites (N-methyl/N-ethyl adjacent to an activating group) is 1. The van der Waals surface area contributed by atoms with Crippen LogP contribution in [0, 0.1) is 11.8 Å². The maximum atomic E-state index is 11.8. The van der Waals surface area contributed by atoms with Crippen LogP contribution in [0.3, 0.4) is 0 Å². The van der Waals surface area contributed by atoms with Crippen LogP contribution in [0.4, 0.5) is 5.69 Å². The predicted octanol–water partition coefficient (Wildman–Crippen LogP) is 2.26. The molecule has 1 aromatic rings. The van der Waals surface area contributed by atoms with Crippen molar-refractivity contribution in [2.24, 2.45) is 17.6 Å². The van der Waals surface area contributed by atoms with Crippen molar-refractivity contribution in [3.8, 4) is 0 Å². The van der Waals surface area contributed by atoms with E-state index >= 15 is 0 Å². The van der Waals surface area contributed by atoms with Crippen LogP contribution >= 0.6 is 0 Å². The molecule has 5 atom stereocenters. The largest absolute Gasteiger partial charge is 0.375 e. The fraction of sp³-hybridized carbons (Fsp3) is 0.588. The molecule has 1 amide bonds. The van der Waals surface area contributed by atoms with Crippen LogP contribution in [0.5, 0.6) is 0 Å². The van der Waals surface area contributed by atoms with Gasteiger partial charge in [-0.3, -0.25) is 4.79 Å². The number of ether oxygens (including phenoxy) is 1. The molecule has 0 bridgehead atoms. The Morgan fingerprint density at radius 2 is 2.00 bits per heavy atom. The molecular formula is C17H24N2O2. The summed E-state index contributed by atoms with van der Waals surface area (Å²) < 4.78 is 5.91. The minimum atomic E-state index is -0.0498. The number of hydrogen-bond acceptors (Lipinski definition) is 3. The predicted molar refractivity (Wildman–Crippen MR) is 83.1 cm³/mol. The van der Waals surface area contributed by atoms with Gasteiger partial charge in [0.2, 0.25) is 5.91 Å². The van der Waals surface area contributed by atoms with Gasteiger partial charge in [-0.25, -0.2) is 0 Å². The summed E-state index contributed by atoms with van der Waals surface area (Å²) in [4.78, 5) is 13.5. The molecule has 0 aliphatic carbocycles. The number of benzene rings is 1. The maximum absolute atomic E-state index is 11.8. The van der Waals surface area contributed by atoms with E-state index in [0.29, 0.717) is 18.3 Å². The molecule has 3 rings (SSSR count).